The summed E-state index contributed by atoms with van der Waals surface area (Å²) >= 11 is 6.02. The Bertz CT molecular complexity index is 726. The molecule has 0 spiro atoms. The van der Waals surface area contributed by atoms with Crippen molar-refractivity contribution in [1.82, 2.24) is 0 Å². The fraction of sp³-hybridized carbons (Fsp3) is 0.278. The lowest BCUT2D eigenvalue weighted by molar-refractivity contribution is 0.122. The average molecular weight is 347 g/mol. The molecule has 0 amide bonds. The molecule has 2 aromatic rings. The molecule has 1 N–H and O–H groups in total. The predicted molar refractivity (Wildman–Crippen MR) is 96.4 cm³/mol. The molecule has 3 rings (SSSR count). The van der Waals surface area contributed by atoms with Gasteiger partial charge in [-0.15, -0.1) is 0 Å². The molecule has 1 fully saturated rings. The molecule has 0 unspecified atom stereocenters. The van der Waals surface area contributed by atoms with Crippen molar-refractivity contribution in [3.8, 4) is 11.5 Å². The van der Waals surface area contributed by atoms with E-state index in [9.17, 15) is 5.11 Å². The van der Waals surface area contributed by atoms with Gasteiger partial charge in [0.25, 0.3) is 0 Å². The fourth-order valence-electron chi connectivity index (χ4n) is 2.56. The molecule has 2 aromatic carbocycles. The summed E-state index contributed by atoms with van der Waals surface area (Å²) in [6, 6.07) is 11.2. The summed E-state index contributed by atoms with van der Waals surface area (Å²) in [5.41, 5.74) is 2.46. The van der Waals surface area contributed by atoms with Crippen molar-refractivity contribution in [3.63, 3.8) is 0 Å². The van der Waals surface area contributed by atoms with Gasteiger partial charge in [-0.1, -0.05) is 11.6 Å². The second-order valence-corrected chi connectivity index (χ2v) is 5.86. The number of aliphatic imine (C=N–C) groups is 1. The maximum absolute atomic E-state index is 10.1. The Morgan fingerprint density at radius 2 is 1.92 bits per heavy atom. The molecule has 1 heterocycles. The van der Waals surface area contributed by atoms with E-state index in [4.69, 9.17) is 21.1 Å². The van der Waals surface area contributed by atoms with Crippen molar-refractivity contribution in [3.05, 3.63) is 47.0 Å². The fourth-order valence-corrected chi connectivity index (χ4v) is 2.78. The zero-order valence-corrected chi connectivity index (χ0v) is 14.2. The second-order valence-electron chi connectivity index (χ2n) is 5.42. The van der Waals surface area contributed by atoms with Crippen LogP contribution in [0.4, 0.5) is 11.4 Å². The number of anilines is 1. The number of nitrogens with zero attached hydrogens (tertiary/aromatic N) is 2. The normalized spacial score (nSPS) is 15.0. The Morgan fingerprint density at radius 3 is 2.58 bits per heavy atom. The zero-order valence-electron chi connectivity index (χ0n) is 13.4. The van der Waals surface area contributed by atoms with Gasteiger partial charge in [-0.3, -0.25) is 4.99 Å². The van der Waals surface area contributed by atoms with E-state index in [2.05, 4.69) is 9.89 Å². The van der Waals surface area contributed by atoms with Crippen LogP contribution < -0.4 is 9.64 Å². The van der Waals surface area contributed by atoms with E-state index in [1.807, 2.05) is 24.3 Å². The van der Waals surface area contributed by atoms with E-state index in [0.29, 0.717) is 16.3 Å². The van der Waals surface area contributed by atoms with Crippen LogP contribution in [0, 0.1) is 0 Å². The molecule has 0 saturated carbocycles. The van der Waals surface area contributed by atoms with Crippen molar-refractivity contribution >= 4 is 29.2 Å². The summed E-state index contributed by atoms with van der Waals surface area (Å²) in [5.74, 6) is 0.349. The molecule has 1 aliphatic heterocycles. The second kappa shape index (κ2) is 7.55. The molecule has 24 heavy (non-hydrogen) atoms. The van der Waals surface area contributed by atoms with Crippen molar-refractivity contribution < 1.29 is 14.6 Å². The first-order valence-electron chi connectivity index (χ1n) is 7.70. The van der Waals surface area contributed by atoms with Gasteiger partial charge in [0.15, 0.2) is 11.5 Å². The van der Waals surface area contributed by atoms with Crippen LogP contribution in [0.1, 0.15) is 5.56 Å². The Hall–Kier alpha value is -2.24. The minimum atomic E-state index is 0.0237. The number of methoxy groups -OCH3 is 1. The monoisotopic (exact) mass is 346 g/mol. The number of aromatic hydroxyl groups is 1. The van der Waals surface area contributed by atoms with Crippen molar-refractivity contribution in [1.29, 1.82) is 0 Å². The third-order valence-electron chi connectivity index (χ3n) is 3.87. The predicted octanol–water partition coefficient (Wildman–Crippen LogP) is 3.64. The van der Waals surface area contributed by atoms with Gasteiger partial charge >= 0.3 is 0 Å². The molecule has 0 atom stereocenters. The van der Waals surface area contributed by atoms with Crippen molar-refractivity contribution in [2.24, 2.45) is 4.99 Å². The van der Waals surface area contributed by atoms with Gasteiger partial charge in [-0.2, -0.15) is 0 Å². The van der Waals surface area contributed by atoms with Crippen LogP contribution in [0.15, 0.2) is 41.4 Å². The SMILES string of the molecule is COc1cc(Cl)cc(C=Nc2ccc(N3CCOCC3)cc2)c1O. The molecule has 0 aliphatic carbocycles. The highest BCUT2D eigenvalue weighted by Gasteiger charge is 2.11. The first kappa shape index (κ1) is 16.6. The first-order chi connectivity index (χ1) is 11.7. The molecule has 1 saturated heterocycles. The molecule has 0 radical (unpaired) electrons. The summed E-state index contributed by atoms with van der Waals surface area (Å²) in [7, 11) is 1.48. The van der Waals surface area contributed by atoms with E-state index in [1.165, 1.54) is 7.11 Å². The lowest BCUT2D eigenvalue weighted by atomic mass is 10.2. The third kappa shape index (κ3) is 3.80. The smallest absolute Gasteiger partial charge is 0.166 e. The van der Waals surface area contributed by atoms with Gasteiger partial charge < -0.3 is 19.5 Å². The minimum absolute atomic E-state index is 0.0237. The van der Waals surface area contributed by atoms with Crippen LogP contribution in [0.5, 0.6) is 11.5 Å². The van der Waals surface area contributed by atoms with Crippen LogP contribution >= 0.6 is 11.6 Å². The van der Waals surface area contributed by atoms with E-state index in [0.717, 1.165) is 37.7 Å². The summed E-state index contributed by atoms with van der Waals surface area (Å²) in [5, 5.41) is 10.6. The quantitative estimate of drug-likeness (QED) is 0.859. The molecular weight excluding hydrogens is 328 g/mol. The largest absolute Gasteiger partial charge is 0.504 e. The summed E-state index contributed by atoms with van der Waals surface area (Å²) in [4.78, 5) is 6.68. The number of ether oxygens (including phenoxy) is 2. The number of rotatable bonds is 4. The maximum Gasteiger partial charge on any atom is 0.166 e. The van der Waals surface area contributed by atoms with Gasteiger partial charge in [0.2, 0.25) is 0 Å². The van der Waals surface area contributed by atoms with Crippen molar-refractivity contribution in [2.75, 3.05) is 38.3 Å². The van der Waals surface area contributed by atoms with E-state index in [1.54, 1.807) is 18.3 Å². The zero-order chi connectivity index (χ0) is 16.9. The van der Waals surface area contributed by atoms with Crippen LogP contribution in [0.2, 0.25) is 5.02 Å². The van der Waals surface area contributed by atoms with E-state index < -0.39 is 0 Å². The van der Waals surface area contributed by atoms with Gasteiger partial charge in [-0.05, 0) is 30.3 Å². The standard InChI is InChI=1S/C18H19ClN2O3/c1-23-17-11-14(19)10-13(18(17)22)12-20-15-2-4-16(5-3-15)21-6-8-24-9-7-21/h2-5,10-12,22H,6-9H2,1H3. The summed E-state index contributed by atoms with van der Waals surface area (Å²) in [6.45, 7) is 3.32. The summed E-state index contributed by atoms with van der Waals surface area (Å²) in [6.07, 6.45) is 1.58. The van der Waals surface area contributed by atoms with Crippen LogP contribution in [-0.2, 0) is 4.74 Å². The van der Waals surface area contributed by atoms with Crippen molar-refractivity contribution in [2.45, 2.75) is 0 Å². The Balaban J connectivity index is 1.76. The molecule has 0 aromatic heterocycles. The topological polar surface area (TPSA) is 54.3 Å². The van der Waals surface area contributed by atoms with Gasteiger partial charge in [0.1, 0.15) is 0 Å². The number of hydrogen-bond acceptors (Lipinski definition) is 5. The van der Waals surface area contributed by atoms with Gasteiger partial charge in [0.05, 0.1) is 26.0 Å². The first-order valence-corrected chi connectivity index (χ1v) is 8.08. The average Bonchev–Trinajstić information content (AvgIpc) is 2.63. The van der Waals surface area contributed by atoms with Gasteiger partial charge in [-0.25, -0.2) is 0 Å². The number of morpholine rings is 1. The molecule has 6 heteroatoms. The number of phenols is 1. The minimum Gasteiger partial charge on any atom is -0.504 e. The number of benzene rings is 2. The maximum atomic E-state index is 10.1. The van der Waals surface area contributed by atoms with Crippen LogP contribution in [0.25, 0.3) is 0 Å². The van der Waals surface area contributed by atoms with E-state index in [-0.39, 0.29) is 5.75 Å². The van der Waals surface area contributed by atoms with Crippen LogP contribution in [0.3, 0.4) is 0 Å². The third-order valence-corrected chi connectivity index (χ3v) is 4.09. The summed E-state index contributed by atoms with van der Waals surface area (Å²) < 4.78 is 10.5. The molecule has 5 nitrogen and oxygen atoms in total. The van der Waals surface area contributed by atoms with Crippen LogP contribution in [-0.4, -0.2) is 44.7 Å². The highest BCUT2D eigenvalue weighted by Crippen LogP contribution is 2.32. The number of halogens is 1. The Kier molecular flexibility index (Phi) is 5.23. The Morgan fingerprint density at radius 1 is 1.21 bits per heavy atom. The highest BCUT2D eigenvalue weighted by atomic mass is 35.5. The highest BCUT2D eigenvalue weighted by molar-refractivity contribution is 6.31. The molecule has 1 aliphatic rings. The molecular formula is C18H19ClN2O3. The van der Waals surface area contributed by atoms with Gasteiger partial charge in [0, 0.05) is 41.6 Å². The number of hydrogen-bond donors (Lipinski definition) is 1. The lowest BCUT2D eigenvalue weighted by Gasteiger charge is -2.28. The molecule has 126 valence electrons. The Labute approximate surface area is 146 Å². The molecule has 0 bridgehead atoms. The van der Waals surface area contributed by atoms with E-state index >= 15 is 0 Å². The lowest BCUT2D eigenvalue weighted by Crippen LogP contribution is -2.36. The number of phenolic OH excluding ortho intramolecular Hbond substituents is 1.